The minimum Gasteiger partial charge on any atom is -0.465 e. The van der Waals surface area contributed by atoms with Crippen molar-refractivity contribution in [3.05, 3.63) is 71.4 Å². The molecule has 0 saturated carbocycles. The molecule has 0 bridgehead atoms. The second kappa shape index (κ2) is 6.58. The van der Waals surface area contributed by atoms with Crippen molar-refractivity contribution in [3.8, 4) is 5.69 Å². The molecule has 0 radical (unpaired) electrons. The highest BCUT2D eigenvalue weighted by molar-refractivity contribution is 5.96. The van der Waals surface area contributed by atoms with E-state index in [4.69, 9.17) is 4.74 Å². The fraction of sp³-hybridized carbons (Fsp3) is 0.158. The molecule has 5 nitrogen and oxygen atoms in total. The Hall–Kier alpha value is -3.08. The topological polar surface area (TPSA) is 56.1 Å². The number of nitrogens with zero attached hydrogens (tertiary/aromatic N) is 2. The number of ether oxygens (including phenoxy) is 1. The average Bonchev–Trinajstić information content (AvgIpc) is 2.91. The van der Waals surface area contributed by atoms with Gasteiger partial charge in [0.05, 0.1) is 29.7 Å². The quantitative estimate of drug-likeness (QED) is 0.737. The van der Waals surface area contributed by atoms with Crippen molar-refractivity contribution in [2.75, 3.05) is 12.4 Å². The first kappa shape index (κ1) is 15.8. The van der Waals surface area contributed by atoms with Crippen LogP contribution < -0.4 is 5.32 Å². The zero-order valence-electron chi connectivity index (χ0n) is 13.9. The minimum absolute atomic E-state index is 0.377. The van der Waals surface area contributed by atoms with Gasteiger partial charge in [0.2, 0.25) is 0 Å². The lowest BCUT2D eigenvalue weighted by molar-refractivity contribution is 0.0602. The molecule has 3 rings (SSSR count). The standard InChI is InChI=1S/C19H19N3O2/c1-13-14(2)21-22(15-9-5-4-6-10-15)18(13)20-17-12-8-7-11-16(17)19(23)24-3/h4-12,20H,1-3H3. The smallest absolute Gasteiger partial charge is 0.339 e. The molecule has 0 aliphatic carbocycles. The highest BCUT2D eigenvalue weighted by Crippen LogP contribution is 2.28. The summed E-state index contributed by atoms with van der Waals surface area (Å²) in [6.07, 6.45) is 0. The van der Waals surface area contributed by atoms with Gasteiger partial charge >= 0.3 is 5.97 Å². The van der Waals surface area contributed by atoms with Gasteiger partial charge in [-0.3, -0.25) is 0 Å². The van der Waals surface area contributed by atoms with Crippen molar-refractivity contribution >= 4 is 17.5 Å². The molecule has 122 valence electrons. The van der Waals surface area contributed by atoms with Gasteiger partial charge in [-0.15, -0.1) is 0 Å². The fourth-order valence-electron chi connectivity index (χ4n) is 2.52. The molecule has 0 spiro atoms. The monoisotopic (exact) mass is 321 g/mol. The second-order valence-corrected chi connectivity index (χ2v) is 5.47. The minimum atomic E-state index is -0.377. The SMILES string of the molecule is COC(=O)c1ccccc1Nc1c(C)c(C)nn1-c1ccccc1. The molecule has 2 aromatic carbocycles. The molecule has 0 atom stereocenters. The van der Waals surface area contributed by atoms with Crippen LogP contribution in [0.15, 0.2) is 54.6 Å². The number of para-hydroxylation sites is 2. The molecule has 1 N–H and O–H groups in total. The molecule has 1 heterocycles. The molecule has 0 fully saturated rings. The van der Waals surface area contributed by atoms with Crippen LogP contribution in [0.5, 0.6) is 0 Å². The van der Waals surface area contributed by atoms with Crippen molar-refractivity contribution in [3.63, 3.8) is 0 Å². The average molecular weight is 321 g/mol. The normalized spacial score (nSPS) is 10.5. The van der Waals surface area contributed by atoms with E-state index < -0.39 is 0 Å². The van der Waals surface area contributed by atoms with Crippen LogP contribution in [0.3, 0.4) is 0 Å². The summed E-state index contributed by atoms with van der Waals surface area (Å²) >= 11 is 0. The van der Waals surface area contributed by atoms with E-state index in [1.54, 1.807) is 6.07 Å². The van der Waals surface area contributed by atoms with Gasteiger partial charge in [-0.2, -0.15) is 5.10 Å². The lowest BCUT2D eigenvalue weighted by Crippen LogP contribution is -2.08. The van der Waals surface area contributed by atoms with E-state index in [2.05, 4.69) is 10.4 Å². The Balaban J connectivity index is 2.08. The van der Waals surface area contributed by atoms with Crippen LogP contribution in [-0.2, 0) is 4.74 Å². The predicted molar refractivity (Wildman–Crippen MR) is 94.1 cm³/mol. The molecular weight excluding hydrogens is 302 g/mol. The number of anilines is 2. The van der Waals surface area contributed by atoms with Crippen LogP contribution in [0.4, 0.5) is 11.5 Å². The first-order chi connectivity index (χ1) is 11.6. The summed E-state index contributed by atoms with van der Waals surface area (Å²) < 4.78 is 6.71. The van der Waals surface area contributed by atoms with Crippen molar-refractivity contribution < 1.29 is 9.53 Å². The molecule has 0 aliphatic rings. The summed E-state index contributed by atoms with van der Waals surface area (Å²) in [6.45, 7) is 3.97. The molecule has 3 aromatic rings. The zero-order valence-corrected chi connectivity index (χ0v) is 13.9. The Morgan fingerprint density at radius 1 is 1.04 bits per heavy atom. The third kappa shape index (κ3) is 2.88. The largest absolute Gasteiger partial charge is 0.465 e. The van der Waals surface area contributed by atoms with E-state index in [-0.39, 0.29) is 5.97 Å². The molecular formula is C19H19N3O2. The first-order valence-corrected chi connectivity index (χ1v) is 7.68. The summed E-state index contributed by atoms with van der Waals surface area (Å²) in [5.74, 6) is 0.452. The number of aromatic nitrogens is 2. The Labute approximate surface area is 140 Å². The number of hydrogen-bond acceptors (Lipinski definition) is 4. The lowest BCUT2D eigenvalue weighted by atomic mass is 10.1. The van der Waals surface area contributed by atoms with Crippen LogP contribution in [0.25, 0.3) is 5.69 Å². The maximum Gasteiger partial charge on any atom is 0.339 e. The van der Waals surface area contributed by atoms with Gasteiger partial charge in [0.15, 0.2) is 0 Å². The van der Waals surface area contributed by atoms with Crippen LogP contribution >= 0.6 is 0 Å². The number of nitrogens with one attached hydrogen (secondary N) is 1. The number of carbonyl (C=O) groups excluding carboxylic acids is 1. The van der Waals surface area contributed by atoms with Crippen LogP contribution in [-0.4, -0.2) is 22.9 Å². The second-order valence-electron chi connectivity index (χ2n) is 5.47. The van der Waals surface area contributed by atoms with Gasteiger partial charge in [-0.1, -0.05) is 30.3 Å². The van der Waals surface area contributed by atoms with Gasteiger partial charge in [-0.05, 0) is 38.1 Å². The van der Waals surface area contributed by atoms with Crippen molar-refractivity contribution in [1.82, 2.24) is 9.78 Å². The Morgan fingerprint density at radius 3 is 2.42 bits per heavy atom. The molecule has 24 heavy (non-hydrogen) atoms. The van der Waals surface area contributed by atoms with Crippen LogP contribution in [0.2, 0.25) is 0 Å². The summed E-state index contributed by atoms with van der Waals surface area (Å²) in [4.78, 5) is 12.0. The number of rotatable bonds is 4. The van der Waals surface area contributed by atoms with Gasteiger partial charge in [0.25, 0.3) is 0 Å². The third-order valence-corrected chi connectivity index (χ3v) is 3.95. The summed E-state index contributed by atoms with van der Waals surface area (Å²) in [5.41, 5.74) is 4.07. The molecule has 0 aliphatic heterocycles. The number of aryl methyl sites for hydroxylation is 1. The van der Waals surface area contributed by atoms with E-state index in [9.17, 15) is 4.79 Å². The predicted octanol–water partition coefficient (Wildman–Crippen LogP) is 4.02. The number of hydrogen-bond donors (Lipinski definition) is 1. The first-order valence-electron chi connectivity index (χ1n) is 7.68. The maximum absolute atomic E-state index is 12.0. The van der Waals surface area contributed by atoms with Crippen LogP contribution in [0, 0.1) is 13.8 Å². The zero-order chi connectivity index (χ0) is 17.1. The van der Waals surface area contributed by atoms with E-state index in [0.29, 0.717) is 11.3 Å². The summed E-state index contributed by atoms with van der Waals surface area (Å²) in [5, 5.41) is 7.95. The number of methoxy groups -OCH3 is 1. The van der Waals surface area contributed by atoms with Crippen molar-refractivity contribution in [2.45, 2.75) is 13.8 Å². The Kier molecular flexibility index (Phi) is 4.33. The Morgan fingerprint density at radius 2 is 1.71 bits per heavy atom. The summed E-state index contributed by atoms with van der Waals surface area (Å²) in [6, 6.07) is 17.1. The molecule has 0 unspecified atom stereocenters. The highest BCUT2D eigenvalue weighted by Gasteiger charge is 2.17. The lowest BCUT2D eigenvalue weighted by Gasteiger charge is -2.13. The van der Waals surface area contributed by atoms with Crippen molar-refractivity contribution in [1.29, 1.82) is 0 Å². The van der Waals surface area contributed by atoms with Gasteiger partial charge in [0, 0.05) is 5.56 Å². The molecule has 5 heteroatoms. The van der Waals surface area contributed by atoms with Crippen molar-refractivity contribution in [2.24, 2.45) is 0 Å². The highest BCUT2D eigenvalue weighted by atomic mass is 16.5. The molecule has 1 aromatic heterocycles. The Bertz CT molecular complexity index is 870. The van der Waals surface area contributed by atoms with Gasteiger partial charge < -0.3 is 10.1 Å². The number of esters is 1. The number of carbonyl (C=O) groups is 1. The van der Waals surface area contributed by atoms with E-state index in [1.165, 1.54) is 7.11 Å². The van der Waals surface area contributed by atoms with E-state index in [1.807, 2.05) is 67.1 Å². The van der Waals surface area contributed by atoms with E-state index in [0.717, 1.165) is 22.8 Å². The molecule has 0 amide bonds. The van der Waals surface area contributed by atoms with Gasteiger partial charge in [0.1, 0.15) is 5.82 Å². The number of benzene rings is 2. The van der Waals surface area contributed by atoms with E-state index >= 15 is 0 Å². The molecule has 0 saturated heterocycles. The van der Waals surface area contributed by atoms with Gasteiger partial charge in [-0.25, -0.2) is 9.48 Å². The third-order valence-electron chi connectivity index (χ3n) is 3.95. The van der Waals surface area contributed by atoms with Crippen LogP contribution in [0.1, 0.15) is 21.6 Å². The summed E-state index contributed by atoms with van der Waals surface area (Å²) in [7, 11) is 1.38. The fourth-order valence-corrected chi connectivity index (χ4v) is 2.52. The maximum atomic E-state index is 12.0.